The number of hydrogen-bond acceptors (Lipinski definition) is 7. The first-order valence-electron chi connectivity index (χ1n) is 11.7. The van der Waals surface area contributed by atoms with E-state index in [0.29, 0.717) is 31.6 Å². The summed E-state index contributed by atoms with van der Waals surface area (Å²) in [5.41, 5.74) is 1.75. The van der Waals surface area contributed by atoms with Crippen molar-refractivity contribution in [3.05, 3.63) is 64.0 Å². The Hall–Kier alpha value is -3.53. The van der Waals surface area contributed by atoms with Gasteiger partial charge in [0.2, 0.25) is 15.9 Å². The molecule has 0 saturated carbocycles. The molecule has 1 saturated heterocycles. The number of amides is 3. The lowest BCUT2D eigenvalue weighted by Gasteiger charge is -2.31. The summed E-state index contributed by atoms with van der Waals surface area (Å²) in [7, 11) is 0. The van der Waals surface area contributed by atoms with Gasteiger partial charge < -0.3 is 20.0 Å². The number of nitrogens with one attached hydrogen (secondary N) is 2. The topological polar surface area (TPSA) is 117 Å². The van der Waals surface area contributed by atoms with Crippen LogP contribution in [0.4, 0.5) is 5.69 Å². The predicted molar refractivity (Wildman–Crippen MR) is 132 cm³/mol. The second-order valence-corrected chi connectivity index (χ2v) is 9.90. The summed E-state index contributed by atoms with van der Waals surface area (Å²) in [4.78, 5) is 39.5. The van der Waals surface area contributed by atoms with Gasteiger partial charge in [-0.2, -0.15) is 0 Å². The summed E-state index contributed by atoms with van der Waals surface area (Å²) < 4.78 is 5.33. The number of likely N-dealkylation sites (tertiary alicyclic amines) is 1. The Morgan fingerprint density at radius 1 is 1.11 bits per heavy atom. The molecule has 3 aromatic rings. The molecular formula is C25H29N5O4S. The van der Waals surface area contributed by atoms with E-state index >= 15 is 0 Å². The highest BCUT2D eigenvalue weighted by molar-refractivity contribution is 7.15. The zero-order valence-corrected chi connectivity index (χ0v) is 20.6. The van der Waals surface area contributed by atoms with Crippen molar-refractivity contribution in [2.45, 2.75) is 45.6 Å². The van der Waals surface area contributed by atoms with E-state index in [1.165, 1.54) is 0 Å². The molecule has 0 radical (unpaired) electrons. The molecule has 4 rings (SSSR count). The van der Waals surface area contributed by atoms with Gasteiger partial charge in [0.1, 0.15) is 5.76 Å². The molecule has 1 aliphatic rings. The number of aromatic nitrogens is 2. The van der Waals surface area contributed by atoms with Gasteiger partial charge in [-0.05, 0) is 56.9 Å². The first kappa shape index (κ1) is 24.6. The summed E-state index contributed by atoms with van der Waals surface area (Å²) >= 11 is 0.987. The quantitative estimate of drug-likeness (QED) is 0.492. The highest BCUT2D eigenvalue weighted by Gasteiger charge is 2.28. The van der Waals surface area contributed by atoms with Crippen molar-refractivity contribution < 1.29 is 18.8 Å². The van der Waals surface area contributed by atoms with Gasteiger partial charge in [-0.15, -0.1) is 10.2 Å². The van der Waals surface area contributed by atoms with Gasteiger partial charge in [0.05, 0.1) is 6.26 Å². The summed E-state index contributed by atoms with van der Waals surface area (Å²) in [6.07, 6.45) is 4.20. The van der Waals surface area contributed by atoms with Crippen LogP contribution in [0.1, 0.15) is 57.1 Å². The third-order valence-corrected chi connectivity index (χ3v) is 6.89. The lowest BCUT2D eigenvalue weighted by molar-refractivity contribution is -0.122. The van der Waals surface area contributed by atoms with Gasteiger partial charge in [0.25, 0.3) is 11.8 Å². The van der Waals surface area contributed by atoms with E-state index in [4.69, 9.17) is 4.42 Å². The van der Waals surface area contributed by atoms with Crippen molar-refractivity contribution in [3.63, 3.8) is 0 Å². The number of nitrogens with zero attached hydrogens (tertiary/aromatic N) is 3. The molecule has 1 aromatic carbocycles. The van der Waals surface area contributed by atoms with Crippen LogP contribution in [0.15, 0.2) is 47.1 Å². The zero-order chi connectivity index (χ0) is 24.8. The second kappa shape index (κ2) is 11.3. The number of aryl methyl sites for hydroxylation is 1. The standard InChI is InChI=1S/C25H29N5O4S/c1-16-5-7-19(8-6-16)27-22(32)23-28-29-24(35-23)25(33)30-11-9-18(10-12-30)15-21(31)26-17(2)14-20-4-3-13-34-20/h3-8,13,17-18H,9-12,14-15H2,1-2H3,(H,26,31)(H,27,32). The fourth-order valence-electron chi connectivity index (χ4n) is 4.08. The molecule has 0 spiro atoms. The van der Waals surface area contributed by atoms with Gasteiger partial charge in [-0.25, -0.2) is 0 Å². The van der Waals surface area contributed by atoms with Crippen molar-refractivity contribution in [2.24, 2.45) is 5.92 Å². The number of carbonyl (C=O) groups excluding carboxylic acids is 3. The van der Waals surface area contributed by atoms with Gasteiger partial charge in [0, 0.05) is 37.7 Å². The Balaban J connectivity index is 1.22. The van der Waals surface area contributed by atoms with Gasteiger partial charge in [0.15, 0.2) is 0 Å². The largest absolute Gasteiger partial charge is 0.469 e. The van der Waals surface area contributed by atoms with E-state index in [-0.39, 0.29) is 33.8 Å². The minimum atomic E-state index is -0.392. The highest BCUT2D eigenvalue weighted by Crippen LogP contribution is 2.23. The van der Waals surface area contributed by atoms with E-state index < -0.39 is 5.91 Å². The maximum atomic E-state index is 12.9. The number of benzene rings is 1. The van der Waals surface area contributed by atoms with Crippen molar-refractivity contribution in [1.29, 1.82) is 0 Å². The minimum absolute atomic E-state index is 0.00915. The monoisotopic (exact) mass is 495 g/mol. The van der Waals surface area contributed by atoms with Crippen LogP contribution in [-0.4, -0.2) is 52.0 Å². The molecule has 2 aromatic heterocycles. The number of anilines is 1. The van der Waals surface area contributed by atoms with Crippen LogP contribution in [0.3, 0.4) is 0 Å². The summed E-state index contributed by atoms with van der Waals surface area (Å²) in [6.45, 7) is 5.02. The van der Waals surface area contributed by atoms with Gasteiger partial charge >= 0.3 is 0 Å². The van der Waals surface area contributed by atoms with Crippen LogP contribution < -0.4 is 10.6 Å². The first-order chi connectivity index (χ1) is 16.9. The minimum Gasteiger partial charge on any atom is -0.469 e. The molecule has 0 aliphatic carbocycles. The molecule has 35 heavy (non-hydrogen) atoms. The first-order valence-corrected chi connectivity index (χ1v) is 12.5. The molecule has 1 atom stereocenters. The number of piperidine rings is 1. The second-order valence-electron chi connectivity index (χ2n) is 8.92. The van der Waals surface area contributed by atoms with Gasteiger partial charge in [-0.1, -0.05) is 29.0 Å². The Morgan fingerprint density at radius 3 is 2.51 bits per heavy atom. The Labute approximate surface area is 207 Å². The summed E-state index contributed by atoms with van der Waals surface area (Å²) in [5, 5.41) is 14.0. The molecule has 3 amide bonds. The van der Waals surface area contributed by atoms with E-state index in [1.54, 1.807) is 11.2 Å². The van der Waals surface area contributed by atoms with E-state index in [0.717, 1.165) is 35.5 Å². The number of furan rings is 1. The lowest BCUT2D eigenvalue weighted by atomic mass is 9.93. The smallest absolute Gasteiger partial charge is 0.286 e. The number of carbonyl (C=O) groups is 3. The molecule has 184 valence electrons. The lowest BCUT2D eigenvalue weighted by Crippen LogP contribution is -2.40. The fourth-order valence-corrected chi connectivity index (χ4v) is 4.78. The molecule has 3 heterocycles. The molecule has 1 unspecified atom stereocenters. The predicted octanol–water partition coefficient (Wildman–Crippen LogP) is 3.68. The Kier molecular flexibility index (Phi) is 7.91. The number of hydrogen-bond donors (Lipinski definition) is 2. The average molecular weight is 496 g/mol. The van der Waals surface area contributed by atoms with Crippen LogP contribution in [0.5, 0.6) is 0 Å². The van der Waals surface area contributed by atoms with Crippen LogP contribution in [0.2, 0.25) is 0 Å². The third kappa shape index (κ3) is 6.75. The van der Waals surface area contributed by atoms with E-state index in [1.807, 2.05) is 50.2 Å². The summed E-state index contributed by atoms with van der Waals surface area (Å²) in [6, 6.07) is 11.1. The zero-order valence-electron chi connectivity index (χ0n) is 19.8. The molecule has 2 N–H and O–H groups in total. The third-order valence-electron chi connectivity index (χ3n) is 5.98. The van der Waals surface area contributed by atoms with Crippen LogP contribution in [-0.2, 0) is 11.2 Å². The van der Waals surface area contributed by atoms with E-state index in [9.17, 15) is 14.4 Å². The fraction of sp³-hybridized carbons (Fsp3) is 0.400. The maximum absolute atomic E-state index is 12.9. The van der Waals surface area contributed by atoms with Crippen LogP contribution in [0.25, 0.3) is 0 Å². The Bertz CT molecular complexity index is 1150. The molecular weight excluding hydrogens is 466 g/mol. The van der Waals surface area contributed by atoms with Crippen molar-refractivity contribution in [2.75, 3.05) is 18.4 Å². The average Bonchev–Trinajstić information content (AvgIpc) is 3.53. The SMILES string of the molecule is Cc1ccc(NC(=O)c2nnc(C(=O)N3CCC(CC(=O)NC(C)Cc4ccco4)CC3)s2)cc1. The van der Waals surface area contributed by atoms with Crippen LogP contribution >= 0.6 is 11.3 Å². The van der Waals surface area contributed by atoms with E-state index in [2.05, 4.69) is 20.8 Å². The van der Waals surface area contributed by atoms with Gasteiger partial charge in [-0.3, -0.25) is 14.4 Å². The van der Waals surface area contributed by atoms with Crippen molar-refractivity contribution in [1.82, 2.24) is 20.4 Å². The number of rotatable bonds is 8. The molecule has 10 heteroatoms. The molecule has 9 nitrogen and oxygen atoms in total. The maximum Gasteiger partial charge on any atom is 0.286 e. The molecule has 1 aliphatic heterocycles. The van der Waals surface area contributed by atoms with Crippen LogP contribution in [0, 0.1) is 12.8 Å². The van der Waals surface area contributed by atoms with Crippen molar-refractivity contribution >= 4 is 34.7 Å². The normalized spacial score (nSPS) is 15.0. The molecule has 1 fully saturated rings. The Morgan fingerprint density at radius 2 is 1.83 bits per heavy atom. The van der Waals surface area contributed by atoms with Crippen molar-refractivity contribution in [3.8, 4) is 0 Å². The highest BCUT2D eigenvalue weighted by atomic mass is 32.1. The summed E-state index contributed by atoms with van der Waals surface area (Å²) in [5.74, 6) is 0.461. The molecule has 0 bridgehead atoms.